The molecule has 1 rings (SSSR count). The van der Waals surface area contributed by atoms with Crippen molar-refractivity contribution in [2.45, 2.75) is 27.3 Å². The lowest BCUT2D eigenvalue weighted by molar-refractivity contribution is -0.124. The minimum atomic E-state index is -0.0762. The molecule has 1 amide bonds. The highest BCUT2D eigenvalue weighted by Gasteiger charge is 2.08. The predicted molar refractivity (Wildman–Crippen MR) is 65.8 cm³/mol. The smallest absolute Gasteiger partial charge is 0.245 e. The molecule has 0 aliphatic heterocycles. The van der Waals surface area contributed by atoms with Crippen LogP contribution in [0.1, 0.15) is 18.3 Å². The maximum absolute atomic E-state index is 11.2. The lowest BCUT2D eigenvalue weighted by atomic mass is 10.2. The van der Waals surface area contributed by atoms with Crippen LogP contribution in [0.25, 0.3) is 0 Å². The first-order chi connectivity index (χ1) is 8.02. The molecule has 1 N–H and O–H groups in total. The number of nitrogens with zero attached hydrogens (tertiary/aromatic N) is 2. The second-order valence-electron chi connectivity index (χ2n) is 4.45. The van der Waals surface area contributed by atoms with Gasteiger partial charge in [0.1, 0.15) is 6.61 Å². The number of hydrogen-bond donors (Lipinski definition) is 1. The number of hydrogen-bond acceptors (Lipinski definition) is 3. The van der Waals surface area contributed by atoms with Crippen LogP contribution in [-0.4, -0.2) is 35.9 Å². The van der Waals surface area contributed by atoms with E-state index in [1.54, 1.807) is 0 Å². The predicted octanol–water partition coefficient (Wildman–Crippen LogP) is 0.899. The maximum Gasteiger partial charge on any atom is 0.245 e. The number of rotatable bonds is 6. The fourth-order valence-corrected chi connectivity index (χ4v) is 1.69. The highest BCUT2D eigenvalue weighted by molar-refractivity contribution is 5.77. The number of amides is 1. The van der Waals surface area contributed by atoms with Crippen LogP contribution in [0.2, 0.25) is 0 Å². The Balaban J connectivity index is 2.37. The zero-order valence-corrected chi connectivity index (χ0v) is 11.0. The molecule has 0 spiro atoms. The van der Waals surface area contributed by atoms with Gasteiger partial charge < -0.3 is 10.1 Å². The first-order valence-corrected chi connectivity index (χ1v) is 5.79. The van der Waals surface area contributed by atoms with E-state index in [9.17, 15) is 4.79 Å². The van der Waals surface area contributed by atoms with Gasteiger partial charge in [0.15, 0.2) is 0 Å². The van der Waals surface area contributed by atoms with Gasteiger partial charge in [-0.15, -0.1) is 0 Å². The number of methoxy groups -OCH3 is 1. The van der Waals surface area contributed by atoms with Crippen LogP contribution < -0.4 is 5.32 Å². The summed E-state index contributed by atoms with van der Waals surface area (Å²) in [6, 6.07) is 2.05. The lowest BCUT2D eigenvalue weighted by Gasteiger charge is -2.13. The molecule has 0 aliphatic rings. The first kappa shape index (κ1) is 13.7. The normalized spacial score (nSPS) is 12.5. The number of carbonyl (C=O) groups excluding carboxylic acids is 1. The zero-order chi connectivity index (χ0) is 12.8. The molecule has 5 nitrogen and oxygen atoms in total. The second kappa shape index (κ2) is 6.39. The lowest BCUT2D eigenvalue weighted by Crippen LogP contribution is -2.32. The molecule has 1 aromatic heterocycles. The van der Waals surface area contributed by atoms with Gasteiger partial charge in [-0.05, 0) is 25.8 Å². The molecule has 96 valence electrons. The van der Waals surface area contributed by atoms with Gasteiger partial charge in [0.05, 0.1) is 5.69 Å². The molecule has 0 saturated carbocycles. The molecule has 0 radical (unpaired) electrons. The summed E-state index contributed by atoms with van der Waals surface area (Å²) in [4.78, 5) is 11.2. The van der Waals surface area contributed by atoms with E-state index in [4.69, 9.17) is 4.74 Å². The average molecular weight is 239 g/mol. The van der Waals surface area contributed by atoms with Gasteiger partial charge in [0.25, 0.3) is 0 Å². The first-order valence-electron chi connectivity index (χ1n) is 5.79. The van der Waals surface area contributed by atoms with Gasteiger partial charge in [0.2, 0.25) is 5.91 Å². The summed E-state index contributed by atoms with van der Waals surface area (Å²) in [6.07, 6.45) is 0. The van der Waals surface area contributed by atoms with Crippen molar-refractivity contribution >= 4 is 5.91 Å². The Morgan fingerprint density at radius 3 is 2.82 bits per heavy atom. The molecule has 0 aliphatic carbocycles. The van der Waals surface area contributed by atoms with Crippen LogP contribution in [0.5, 0.6) is 0 Å². The molecule has 1 atom stereocenters. The molecule has 0 aromatic carbocycles. The minimum Gasteiger partial charge on any atom is -0.375 e. The quantitative estimate of drug-likeness (QED) is 0.802. The molecule has 17 heavy (non-hydrogen) atoms. The van der Waals surface area contributed by atoms with E-state index in [2.05, 4.69) is 23.4 Å². The van der Waals surface area contributed by atoms with E-state index < -0.39 is 0 Å². The Morgan fingerprint density at radius 1 is 1.59 bits per heavy atom. The Bertz CT molecular complexity index is 374. The van der Waals surface area contributed by atoms with Crippen LogP contribution in [0.15, 0.2) is 6.07 Å². The topological polar surface area (TPSA) is 56.1 Å². The molecular weight excluding hydrogens is 218 g/mol. The van der Waals surface area contributed by atoms with E-state index in [0.717, 1.165) is 17.9 Å². The van der Waals surface area contributed by atoms with E-state index in [0.29, 0.717) is 12.5 Å². The minimum absolute atomic E-state index is 0.0762. The molecule has 5 heteroatoms. The van der Waals surface area contributed by atoms with Crippen molar-refractivity contribution in [3.05, 3.63) is 17.5 Å². The van der Waals surface area contributed by atoms with Crippen molar-refractivity contribution in [2.75, 3.05) is 20.3 Å². The van der Waals surface area contributed by atoms with Crippen LogP contribution >= 0.6 is 0 Å². The number of ether oxygens (including phenoxy) is 1. The van der Waals surface area contributed by atoms with Crippen molar-refractivity contribution in [3.8, 4) is 0 Å². The summed E-state index contributed by atoms with van der Waals surface area (Å²) in [7, 11) is 1.51. The second-order valence-corrected chi connectivity index (χ2v) is 4.45. The summed E-state index contributed by atoms with van der Waals surface area (Å²) >= 11 is 0. The Morgan fingerprint density at radius 2 is 2.29 bits per heavy atom. The Labute approximate surface area is 102 Å². The summed E-state index contributed by atoms with van der Waals surface area (Å²) in [5.74, 6) is 0.265. The fraction of sp³-hybridized carbons (Fsp3) is 0.667. The average Bonchev–Trinajstić information content (AvgIpc) is 2.55. The van der Waals surface area contributed by atoms with E-state index >= 15 is 0 Å². The number of carbonyl (C=O) groups is 1. The van der Waals surface area contributed by atoms with Gasteiger partial charge in [0, 0.05) is 25.9 Å². The van der Waals surface area contributed by atoms with Crippen LogP contribution in [0, 0.1) is 19.8 Å². The van der Waals surface area contributed by atoms with E-state index in [1.807, 2.05) is 18.5 Å². The van der Waals surface area contributed by atoms with Gasteiger partial charge >= 0.3 is 0 Å². The third-order valence-corrected chi connectivity index (χ3v) is 2.51. The summed E-state index contributed by atoms with van der Waals surface area (Å²) in [6.45, 7) is 7.67. The SMILES string of the molecule is COCC(=O)NC[C@H](C)Cn1nc(C)cc1C. The molecule has 1 heterocycles. The number of nitrogens with one attached hydrogen (secondary N) is 1. The van der Waals surface area contributed by atoms with Crippen LogP contribution in [0.3, 0.4) is 0 Å². The standard InChI is InChI=1S/C12H21N3O2/c1-9(6-13-12(16)8-17-4)7-15-11(3)5-10(2)14-15/h5,9H,6-8H2,1-4H3,(H,13,16)/t9-/m0/s1. The van der Waals surface area contributed by atoms with Crippen molar-refractivity contribution in [3.63, 3.8) is 0 Å². The van der Waals surface area contributed by atoms with Gasteiger partial charge in [-0.1, -0.05) is 6.92 Å². The number of aromatic nitrogens is 2. The summed E-state index contributed by atoms with van der Waals surface area (Å²) in [5, 5.41) is 7.22. The molecule has 0 fully saturated rings. The van der Waals surface area contributed by atoms with Crippen LogP contribution in [-0.2, 0) is 16.1 Å². The molecule has 0 saturated heterocycles. The van der Waals surface area contributed by atoms with Gasteiger partial charge in [-0.3, -0.25) is 9.48 Å². The maximum atomic E-state index is 11.2. The Kier molecular flexibility index (Phi) is 5.15. The highest BCUT2D eigenvalue weighted by atomic mass is 16.5. The third kappa shape index (κ3) is 4.56. The zero-order valence-electron chi connectivity index (χ0n) is 11.0. The number of aryl methyl sites for hydroxylation is 2. The monoisotopic (exact) mass is 239 g/mol. The Hall–Kier alpha value is -1.36. The molecule has 0 bridgehead atoms. The van der Waals surface area contributed by atoms with Gasteiger partial charge in [-0.25, -0.2) is 0 Å². The van der Waals surface area contributed by atoms with E-state index in [1.165, 1.54) is 7.11 Å². The van der Waals surface area contributed by atoms with Crippen LogP contribution in [0.4, 0.5) is 0 Å². The van der Waals surface area contributed by atoms with E-state index in [-0.39, 0.29) is 12.5 Å². The highest BCUT2D eigenvalue weighted by Crippen LogP contribution is 2.05. The summed E-state index contributed by atoms with van der Waals surface area (Å²) < 4.78 is 6.72. The van der Waals surface area contributed by atoms with Crippen molar-refractivity contribution in [1.29, 1.82) is 0 Å². The van der Waals surface area contributed by atoms with Crippen molar-refractivity contribution < 1.29 is 9.53 Å². The largest absolute Gasteiger partial charge is 0.375 e. The molecule has 0 unspecified atom stereocenters. The summed E-state index contributed by atoms with van der Waals surface area (Å²) in [5.41, 5.74) is 2.18. The fourth-order valence-electron chi connectivity index (χ4n) is 1.69. The van der Waals surface area contributed by atoms with Gasteiger partial charge in [-0.2, -0.15) is 5.10 Å². The van der Waals surface area contributed by atoms with Crippen molar-refractivity contribution in [2.24, 2.45) is 5.92 Å². The molecule has 1 aromatic rings. The van der Waals surface area contributed by atoms with Crippen molar-refractivity contribution in [1.82, 2.24) is 15.1 Å². The third-order valence-electron chi connectivity index (χ3n) is 2.51. The molecular formula is C12H21N3O2.